The first-order chi connectivity index (χ1) is 16.0. The number of hydrogen-bond donors (Lipinski definition) is 3. The van der Waals surface area contributed by atoms with E-state index >= 15 is 0 Å². The molecule has 2 fully saturated rings. The molecule has 3 atom stereocenters. The Bertz CT molecular complexity index is 1080. The Morgan fingerprint density at radius 3 is 2.61 bits per heavy atom. The summed E-state index contributed by atoms with van der Waals surface area (Å²) in [4.78, 5) is 31.3. The second kappa shape index (κ2) is 9.92. The van der Waals surface area contributed by atoms with Gasteiger partial charge in [-0.1, -0.05) is 17.9 Å². The fraction of sp³-hybridized carbons (Fsp3) is 0.400. The first-order valence-corrected chi connectivity index (χ1v) is 11.1. The zero-order chi connectivity index (χ0) is 23.4. The maximum atomic E-state index is 13.2. The topological polar surface area (TPSA) is 118 Å². The number of rotatable bonds is 6. The SMILES string of the molecule is COc1cccc(C(=O)NC2C[C@H]3CC[C@@H](C2)N3c2ccc(C(N)=O)cn2)c1C#CCCO. The lowest BCUT2D eigenvalue weighted by Gasteiger charge is -2.40. The van der Waals surface area contributed by atoms with Gasteiger partial charge in [-0.15, -0.1) is 0 Å². The minimum absolute atomic E-state index is 0.0366. The lowest BCUT2D eigenvalue weighted by Crippen LogP contribution is -2.50. The van der Waals surface area contributed by atoms with Crippen molar-refractivity contribution in [3.05, 3.63) is 53.2 Å². The molecular formula is C25H28N4O4. The number of nitrogens with one attached hydrogen (secondary N) is 1. The molecule has 8 nitrogen and oxygen atoms in total. The van der Waals surface area contributed by atoms with Crippen LogP contribution in [-0.2, 0) is 0 Å². The molecule has 8 heteroatoms. The molecule has 1 aromatic heterocycles. The second-order valence-electron chi connectivity index (χ2n) is 8.36. The van der Waals surface area contributed by atoms with E-state index in [0.717, 1.165) is 31.5 Å². The van der Waals surface area contributed by atoms with E-state index in [1.54, 1.807) is 31.4 Å². The quantitative estimate of drug-likeness (QED) is 0.581. The molecule has 2 saturated heterocycles. The van der Waals surface area contributed by atoms with Gasteiger partial charge in [-0.05, 0) is 49.9 Å². The lowest BCUT2D eigenvalue weighted by molar-refractivity contribution is 0.0925. The number of hydrogen-bond acceptors (Lipinski definition) is 6. The van der Waals surface area contributed by atoms with Gasteiger partial charge in [-0.2, -0.15) is 0 Å². The number of nitrogens with two attached hydrogens (primary N) is 1. The standard InChI is InChI=1S/C25H28N4O4/c1-33-22-7-4-6-21(20(22)5-2-3-12-30)25(32)28-17-13-18-9-10-19(14-17)29(18)23-11-8-16(15-27-23)24(26)31/h4,6-8,11,15,17-19,30H,3,9-10,12-14H2,1H3,(H2,26,31)(H,28,32)/t17?,18-,19+. The van der Waals surface area contributed by atoms with Gasteiger partial charge < -0.3 is 25.8 Å². The number of fused-ring (bicyclic) bond motifs is 2. The van der Waals surface area contributed by atoms with E-state index in [0.29, 0.717) is 28.9 Å². The number of aliphatic hydroxyl groups excluding tert-OH is 1. The molecule has 0 aliphatic carbocycles. The van der Waals surface area contributed by atoms with E-state index in [4.69, 9.17) is 15.6 Å². The first kappa shape index (κ1) is 22.6. The number of benzene rings is 1. The highest BCUT2D eigenvalue weighted by molar-refractivity contribution is 5.97. The van der Waals surface area contributed by atoms with Crippen LogP contribution in [0.2, 0.25) is 0 Å². The molecule has 2 aromatic rings. The van der Waals surface area contributed by atoms with Crippen LogP contribution in [0, 0.1) is 11.8 Å². The molecule has 2 amide bonds. The van der Waals surface area contributed by atoms with Gasteiger partial charge in [0.25, 0.3) is 5.91 Å². The predicted molar refractivity (Wildman–Crippen MR) is 124 cm³/mol. The number of primary amides is 1. The van der Waals surface area contributed by atoms with Crippen LogP contribution >= 0.6 is 0 Å². The van der Waals surface area contributed by atoms with Gasteiger partial charge in [0.1, 0.15) is 11.6 Å². The van der Waals surface area contributed by atoms with Crippen LogP contribution in [0.25, 0.3) is 0 Å². The molecule has 33 heavy (non-hydrogen) atoms. The number of methoxy groups -OCH3 is 1. The third-order valence-electron chi connectivity index (χ3n) is 6.31. The second-order valence-corrected chi connectivity index (χ2v) is 8.36. The minimum Gasteiger partial charge on any atom is -0.495 e. The highest BCUT2D eigenvalue weighted by atomic mass is 16.5. The molecule has 4 N–H and O–H groups in total. The molecule has 2 aliphatic rings. The molecular weight excluding hydrogens is 420 g/mol. The van der Waals surface area contributed by atoms with E-state index in [1.165, 1.54) is 6.20 Å². The average molecular weight is 449 g/mol. The van der Waals surface area contributed by atoms with Crippen LogP contribution in [0.5, 0.6) is 5.75 Å². The Morgan fingerprint density at radius 2 is 2.00 bits per heavy atom. The number of carbonyl (C=O) groups is 2. The molecule has 3 heterocycles. The molecule has 1 aromatic carbocycles. The maximum Gasteiger partial charge on any atom is 0.252 e. The van der Waals surface area contributed by atoms with Crippen LogP contribution in [0.3, 0.4) is 0 Å². The molecule has 1 unspecified atom stereocenters. The van der Waals surface area contributed by atoms with E-state index < -0.39 is 5.91 Å². The highest BCUT2D eigenvalue weighted by Gasteiger charge is 2.42. The van der Waals surface area contributed by atoms with E-state index in [-0.39, 0.29) is 30.6 Å². The number of piperidine rings is 1. The summed E-state index contributed by atoms with van der Waals surface area (Å²) in [6.45, 7) is -0.0366. The fourth-order valence-electron chi connectivity index (χ4n) is 4.84. The van der Waals surface area contributed by atoms with Crippen molar-refractivity contribution in [3.63, 3.8) is 0 Å². The van der Waals surface area contributed by atoms with Crippen molar-refractivity contribution >= 4 is 17.6 Å². The Morgan fingerprint density at radius 1 is 1.24 bits per heavy atom. The van der Waals surface area contributed by atoms with Gasteiger partial charge in [0, 0.05) is 30.7 Å². The van der Waals surface area contributed by atoms with Crippen LogP contribution in [0.1, 0.15) is 58.4 Å². The van der Waals surface area contributed by atoms with E-state index in [9.17, 15) is 9.59 Å². The van der Waals surface area contributed by atoms with Crippen LogP contribution in [-0.4, -0.2) is 53.7 Å². The first-order valence-electron chi connectivity index (χ1n) is 11.1. The molecule has 2 bridgehead atoms. The Balaban J connectivity index is 1.47. The van der Waals surface area contributed by atoms with Crippen molar-refractivity contribution < 1.29 is 19.4 Å². The lowest BCUT2D eigenvalue weighted by atomic mass is 9.96. The number of aliphatic hydroxyl groups is 1. The molecule has 0 saturated carbocycles. The molecule has 0 radical (unpaired) electrons. The van der Waals surface area contributed by atoms with Crippen LogP contribution < -0.4 is 20.7 Å². The number of ether oxygens (including phenoxy) is 1. The zero-order valence-electron chi connectivity index (χ0n) is 18.6. The van der Waals surface area contributed by atoms with Crippen molar-refractivity contribution in [2.24, 2.45) is 5.73 Å². The van der Waals surface area contributed by atoms with Crippen LogP contribution in [0.15, 0.2) is 36.5 Å². The molecule has 2 aliphatic heterocycles. The Labute approximate surface area is 193 Å². The van der Waals surface area contributed by atoms with Crippen LogP contribution in [0.4, 0.5) is 5.82 Å². The Kier molecular flexibility index (Phi) is 6.80. The average Bonchev–Trinajstić information content (AvgIpc) is 3.09. The summed E-state index contributed by atoms with van der Waals surface area (Å²) in [6.07, 6.45) is 5.55. The van der Waals surface area contributed by atoms with E-state index in [2.05, 4.69) is 27.0 Å². The predicted octanol–water partition coefficient (Wildman–Crippen LogP) is 1.85. The summed E-state index contributed by atoms with van der Waals surface area (Å²) in [5.74, 6) is 6.57. The molecule has 4 rings (SSSR count). The van der Waals surface area contributed by atoms with Crippen molar-refractivity contribution in [2.45, 2.75) is 50.2 Å². The summed E-state index contributed by atoms with van der Waals surface area (Å²) in [7, 11) is 1.55. The summed E-state index contributed by atoms with van der Waals surface area (Å²) >= 11 is 0. The number of pyridine rings is 1. The number of carbonyl (C=O) groups excluding carboxylic acids is 2. The van der Waals surface area contributed by atoms with Crippen molar-refractivity contribution in [2.75, 3.05) is 18.6 Å². The third-order valence-corrected chi connectivity index (χ3v) is 6.31. The number of aromatic nitrogens is 1. The number of nitrogens with zero attached hydrogens (tertiary/aromatic N) is 2. The summed E-state index contributed by atoms with van der Waals surface area (Å²) in [6, 6.07) is 9.44. The van der Waals surface area contributed by atoms with Gasteiger partial charge >= 0.3 is 0 Å². The molecule has 172 valence electrons. The van der Waals surface area contributed by atoms with Gasteiger partial charge in [0.2, 0.25) is 5.91 Å². The number of anilines is 1. The van der Waals surface area contributed by atoms with Gasteiger partial charge in [-0.25, -0.2) is 4.98 Å². The van der Waals surface area contributed by atoms with E-state index in [1.807, 2.05) is 6.07 Å². The zero-order valence-corrected chi connectivity index (χ0v) is 18.6. The van der Waals surface area contributed by atoms with Crippen molar-refractivity contribution in [3.8, 4) is 17.6 Å². The minimum atomic E-state index is -0.489. The fourth-order valence-corrected chi connectivity index (χ4v) is 4.84. The van der Waals surface area contributed by atoms with Crippen molar-refractivity contribution in [1.29, 1.82) is 0 Å². The normalized spacial score (nSPS) is 21.2. The van der Waals surface area contributed by atoms with Gasteiger partial charge in [-0.3, -0.25) is 9.59 Å². The summed E-state index contributed by atoms with van der Waals surface area (Å²) < 4.78 is 5.40. The smallest absolute Gasteiger partial charge is 0.252 e. The largest absolute Gasteiger partial charge is 0.495 e. The summed E-state index contributed by atoms with van der Waals surface area (Å²) in [5, 5.41) is 12.2. The number of amides is 2. The van der Waals surface area contributed by atoms with Gasteiger partial charge in [0.05, 0.1) is 30.4 Å². The third kappa shape index (κ3) is 4.78. The highest BCUT2D eigenvalue weighted by Crippen LogP contribution is 2.38. The monoisotopic (exact) mass is 448 g/mol. The Hall–Kier alpha value is -3.57. The van der Waals surface area contributed by atoms with Gasteiger partial charge in [0.15, 0.2) is 0 Å². The summed E-state index contributed by atoms with van der Waals surface area (Å²) in [5.41, 5.74) is 6.72. The maximum absolute atomic E-state index is 13.2. The molecule has 0 spiro atoms. The van der Waals surface area contributed by atoms with Crippen molar-refractivity contribution in [1.82, 2.24) is 10.3 Å².